The van der Waals surface area contributed by atoms with E-state index in [9.17, 15) is 19.8 Å². The molecule has 0 bridgehead atoms. The van der Waals surface area contributed by atoms with E-state index in [1.54, 1.807) is 20.8 Å². The summed E-state index contributed by atoms with van der Waals surface area (Å²) >= 11 is 0. The predicted octanol–water partition coefficient (Wildman–Crippen LogP) is 1.60. The molecule has 0 radical (unpaired) electrons. The summed E-state index contributed by atoms with van der Waals surface area (Å²) in [6.07, 6.45) is -1.29. The Hall–Kier alpha value is -1.30. The highest BCUT2D eigenvalue weighted by atomic mass is 16.5. The first kappa shape index (κ1) is 13.8. The second kappa shape index (κ2) is 4.18. The second-order valence-electron chi connectivity index (χ2n) is 5.30. The molecule has 0 aromatic carbocycles. The number of carboxylic acids is 1. The maximum absolute atomic E-state index is 11.6. The minimum Gasteiger partial charge on any atom is -0.479 e. The van der Waals surface area contributed by atoms with E-state index in [0.29, 0.717) is 6.42 Å². The van der Waals surface area contributed by atoms with Crippen molar-refractivity contribution >= 4 is 12.1 Å². The lowest BCUT2D eigenvalue weighted by Crippen LogP contribution is -2.62. The average Bonchev–Trinajstić information content (AvgIpc) is 2.56. The van der Waals surface area contributed by atoms with Gasteiger partial charge in [0.1, 0.15) is 6.23 Å². The van der Waals surface area contributed by atoms with E-state index in [1.807, 2.05) is 0 Å². The zero-order valence-corrected chi connectivity index (χ0v) is 10.6. The van der Waals surface area contributed by atoms with Crippen molar-refractivity contribution in [3.63, 3.8) is 0 Å². The van der Waals surface area contributed by atoms with E-state index < -0.39 is 29.2 Å². The van der Waals surface area contributed by atoms with Gasteiger partial charge in [0.25, 0.3) is 0 Å². The van der Waals surface area contributed by atoms with E-state index >= 15 is 0 Å². The lowest BCUT2D eigenvalue weighted by molar-refractivity contribution is -0.161. The largest absolute Gasteiger partial charge is 0.479 e. The van der Waals surface area contributed by atoms with Gasteiger partial charge in [-0.2, -0.15) is 0 Å². The molecule has 6 nitrogen and oxygen atoms in total. The summed E-state index contributed by atoms with van der Waals surface area (Å²) in [4.78, 5) is 23.8. The third-order valence-electron chi connectivity index (χ3n) is 3.53. The molecule has 1 unspecified atom stereocenters. The number of hydrogen-bond acceptors (Lipinski definition) is 3. The van der Waals surface area contributed by atoms with Gasteiger partial charge in [-0.1, -0.05) is 20.8 Å². The summed E-state index contributed by atoms with van der Waals surface area (Å²) < 4.78 is 5.07. The van der Waals surface area contributed by atoms with Crippen LogP contribution in [0.3, 0.4) is 0 Å². The zero-order chi connectivity index (χ0) is 13.4. The van der Waals surface area contributed by atoms with Crippen molar-refractivity contribution in [3.05, 3.63) is 0 Å². The van der Waals surface area contributed by atoms with Crippen LogP contribution in [0.15, 0.2) is 0 Å². The minimum atomic E-state index is -1.43. The molecule has 2 atom stereocenters. The number of rotatable bonds is 2. The molecule has 0 aromatic rings. The Balaban J connectivity index is 3.32. The normalized spacial score (nSPS) is 29.4. The maximum Gasteiger partial charge on any atom is 0.410 e. The third kappa shape index (κ3) is 1.86. The first-order chi connectivity index (χ1) is 7.68. The first-order valence-electron chi connectivity index (χ1n) is 5.47. The molecule has 1 aliphatic heterocycles. The molecule has 1 saturated heterocycles. The lowest BCUT2D eigenvalue weighted by atomic mass is 9.72. The van der Waals surface area contributed by atoms with E-state index in [2.05, 4.69) is 0 Å². The summed E-state index contributed by atoms with van der Waals surface area (Å²) in [5, 5.41) is 18.7. The van der Waals surface area contributed by atoms with Crippen molar-refractivity contribution in [1.82, 2.24) is 4.90 Å². The Morgan fingerprint density at radius 2 is 1.88 bits per heavy atom. The number of ether oxygens (including phenoxy) is 1. The highest BCUT2D eigenvalue weighted by Gasteiger charge is 2.61. The zero-order valence-electron chi connectivity index (χ0n) is 10.6. The molecule has 1 fully saturated rings. The molecule has 0 aromatic heterocycles. The van der Waals surface area contributed by atoms with E-state index in [0.717, 1.165) is 4.90 Å². The molecule has 2 N–H and O–H groups in total. The molecular weight excluding hydrogens is 226 g/mol. The predicted molar refractivity (Wildman–Crippen MR) is 59.7 cm³/mol. The number of aliphatic carboxylic acids is 1. The van der Waals surface area contributed by atoms with Crippen LogP contribution in [-0.4, -0.2) is 46.1 Å². The fourth-order valence-electron chi connectivity index (χ4n) is 2.60. The Morgan fingerprint density at radius 3 is 2.18 bits per heavy atom. The van der Waals surface area contributed by atoms with E-state index in [-0.39, 0.29) is 6.42 Å². The summed E-state index contributed by atoms with van der Waals surface area (Å²) in [7, 11) is 1.39. The number of amides is 1. The second-order valence-corrected chi connectivity index (χ2v) is 5.30. The number of methoxy groups -OCH3 is 1. The fraction of sp³-hybridized carbons (Fsp3) is 0.818. The fourth-order valence-corrected chi connectivity index (χ4v) is 2.60. The monoisotopic (exact) mass is 245 g/mol. The number of likely N-dealkylation sites (tertiary alicyclic amines) is 1. The van der Waals surface area contributed by atoms with Crippen LogP contribution in [0.25, 0.3) is 0 Å². The molecule has 1 rings (SSSR count). The summed E-state index contributed by atoms with van der Waals surface area (Å²) in [5.41, 5.74) is -2.13. The van der Waals surface area contributed by atoms with Crippen molar-refractivity contribution < 1.29 is 24.5 Å². The quantitative estimate of drug-likeness (QED) is 0.771. The molecule has 1 amide bonds. The van der Waals surface area contributed by atoms with Gasteiger partial charge >= 0.3 is 12.1 Å². The summed E-state index contributed by atoms with van der Waals surface area (Å²) in [6.45, 7) is 5.19. The van der Waals surface area contributed by atoms with Crippen LogP contribution in [0, 0.1) is 5.41 Å². The first-order valence-corrected chi connectivity index (χ1v) is 5.47. The van der Waals surface area contributed by atoms with Crippen molar-refractivity contribution in [2.45, 2.75) is 45.4 Å². The van der Waals surface area contributed by atoms with Crippen LogP contribution in [0.5, 0.6) is 0 Å². The molecule has 6 heteroatoms. The highest BCUT2D eigenvalue weighted by Crippen LogP contribution is 2.46. The van der Waals surface area contributed by atoms with Crippen molar-refractivity contribution in [1.29, 1.82) is 0 Å². The van der Waals surface area contributed by atoms with Gasteiger partial charge in [0, 0.05) is 7.11 Å². The van der Waals surface area contributed by atoms with E-state index in [4.69, 9.17) is 4.74 Å². The third-order valence-corrected chi connectivity index (χ3v) is 3.53. The SMILES string of the molecule is COC1CC[C@@](C(=O)O)(C(C)(C)C)N1C(=O)O. The molecule has 17 heavy (non-hydrogen) atoms. The number of nitrogens with zero attached hydrogens (tertiary/aromatic N) is 1. The minimum absolute atomic E-state index is 0.261. The summed E-state index contributed by atoms with van der Waals surface area (Å²) in [5.74, 6) is -1.12. The molecule has 0 saturated carbocycles. The van der Waals surface area contributed by atoms with Crippen LogP contribution >= 0.6 is 0 Å². The van der Waals surface area contributed by atoms with Gasteiger partial charge in [-0.25, -0.2) is 9.59 Å². The maximum atomic E-state index is 11.6. The van der Waals surface area contributed by atoms with Gasteiger partial charge in [-0.05, 0) is 18.3 Å². The van der Waals surface area contributed by atoms with Gasteiger partial charge in [-0.15, -0.1) is 0 Å². The Kier molecular flexibility index (Phi) is 3.38. The Morgan fingerprint density at radius 1 is 1.35 bits per heavy atom. The van der Waals surface area contributed by atoms with Crippen LogP contribution in [0.4, 0.5) is 4.79 Å². The molecular formula is C11H19NO5. The van der Waals surface area contributed by atoms with Gasteiger partial charge in [0.15, 0.2) is 5.54 Å². The van der Waals surface area contributed by atoms with Crippen LogP contribution in [0.1, 0.15) is 33.6 Å². The number of carboxylic acid groups (broad SMARTS) is 2. The molecule has 0 aliphatic carbocycles. The lowest BCUT2D eigenvalue weighted by Gasteiger charge is -2.44. The van der Waals surface area contributed by atoms with Gasteiger partial charge in [0.2, 0.25) is 0 Å². The molecule has 1 heterocycles. The average molecular weight is 245 g/mol. The van der Waals surface area contributed by atoms with Crippen molar-refractivity contribution in [2.75, 3.05) is 7.11 Å². The van der Waals surface area contributed by atoms with Gasteiger partial charge in [0.05, 0.1) is 0 Å². The summed E-state index contributed by atoms with van der Waals surface area (Å²) in [6, 6.07) is 0. The van der Waals surface area contributed by atoms with Crippen molar-refractivity contribution in [2.24, 2.45) is 5.41 Å². The Bertz CT molecular complexity index is 335. The highest BCUT2D eigenvalue weighted by molar-refractivity contribution is 5.85. The molecule has 1 aliphatic rings. The van der Waals surface area contributed by atoms with Crippen LogP contribution in [-0.2, 0) is 9.53 Å². The molecule has 0 spiro atoms. The smallest absolute Gasteiger partial charge is 0.410 e. The standard InChI is InChI=1S/C11H19NO5/c1-10(2,3)11(8(13)14)6-5-7(17-4)12(11)9(15)16/h7H,5-6H2,1-4H3,(H,13,14)(H,15,16)/t7?,11-/m1/s1. The molecule has 98 valence electrons. The Labute approximate surface area is 100 Å². The topological polar surface area (TPSA) is 87.1 Å². The van der Waals surface area contributed by atoms with Crippen LogP contribution < -0.4 is 0 Å². The number of carbonyl (C=O) groups is 2. The van der Waals surface area contributed by atoms with Crippen LogP contribution in [0.2, 0.25) is 0 Å². The van der Waals surface area contributed by atoms with Crippen molar-refractivity contribution in [3.8, 4) is 0 Å². The van der Waals surface area contributed by atoms with Gasteiger partial charge in [-0.3, -0.25) is 4.90 Å². The number of hydrogen-bond donors (Lipinski definition) is 2. The van der Waals surface area contributed by atoms with E-state index in [1.165, 1.54) is 7.11 Å². The van der Waals surface area contributed by atoms with Gasteiger partial charge < -0.3 is 14.9 Å².